The van der Waals surface area contributed by atoms with Crippen molar-refractivity contribution >= 4 is 12.0 Å². The fourth-order valence-electron chi connectivity index (χ4n) is 4.89. The van der Waals surface area contributed by atoms with E-state index in [0.29, 0.717) is 31.6 Å². The van der Waals surface area contributed by atoms with Crippen molar-refractivity contribution in [3.63, 3.8) is 0 Å². The van der Waals surface area contributed by atoms with Crippen LogP contribution < -0.4 is 5.32 Å². The molecule has 2 aliphatic carbocycles. The molecule has 1 aliphatic heterocycles. The summed E-state index contributed by atoms with van der Waals surface area (Å²) >= 11 is 0. The van der Waals surface area contributed by atoms with Crippen molar-refractivity contribution in [1.29, 1.82) is 0 Å². The molecule has 0 aromatic heterocycles. The van der Waals surface area contributed by atoms with E-state index >= 15 is 0 Å². The Bertz CT molecular complexity index is 752. The monoisotopic (exact) mass is 474 g/mol. The number of hydrogen-bond donors (Lipinski definition) is 2. The highest BCUT2D eigenvalue weighted by Gasteiger charge is 2.26. The van der Waals surface area contributed by atoms with E-state index in [1.54, 1.807) is 4.90 Å². The fourth-order valence-corrected chi connectivity index (χ4v) is 4.89. The third-order valence-corrected chi connectivity index (χ3v) is 7.12. The number of carbonyl (C=O) groups excluding carboxylic acids is 2. The van der Waals surface area contributed by atoms with E-state index in [0.717, 1.165) is 76.6 Å². The van der Waals surface area contributed by atoms with Gasteiger partial charge in [0.05, 0.1) is 13.2 Å². The molecule has 0 radical (unpaired) electrons. The average Bonchev–Trinajstić information content (AvgIpc) is 2.88. The Morgan fingerprint density at radius 3 is 2.59 bits per heavy atom. The smallest absolute Gasteiger partial charge is 0.409 e. The van der Waals surface area contributed by atoms with Gasteiger partial charge in [-0.25, -0.2) is 4.79 Å². The molecule has 0 saturated carbocycles. The molecular formula is C27H42N2O5. The number of carbonyl (C=O) groups is 2. The molecule has 0 spiro atoms. The Labute approximate surface area is 204 Å². The molecular weight excluding hydrogens is 432 g/mol. The van der Waals surface area contributed by atoms with Crippen LogP contribution in [0.2, 0.25) is 0 Å². The maximum atomic E-state index is 12.4. The van der Waals surface area contributed by atoms with E-state index in [-0.39, 0.29) is 24.5 Å². The minimum absolute atomic E-state index is 0.0823. The molecule has 2 amide bonds. The summed E-state index contributed by atoms with van der Waals surface area (Å²) in [6.45, 7) is 5.34. The molecule has 1 fully saturated rings. The van der Waals surface area contributed by atoms with Crippen molar-refractivity contribution in [3.05, 3.63) is 35.6 Å². The number of allylic oxidation sites excluding steroid dienone is 5. The van der Waals surface area contributed by atoms with E-state index in [9.17, 15) is 9.59 Å². The second-order valence-electron chi connectivity index (χ2n) is 9.57. The lowest BCUT2D eigenvalue weighted by Gasteiger charge is -2.31. The van der Waals surface area contributed by atoms with Crippen molar-refractivity contribution in [1.82, 2.24) is 10.2 Å². The van der Waals surface area contributed by atoms with Crippen molar-refractivity contribution in [2.75, 3.05) is 39.5 Å². The second kappa shape index (κ2) is 14.2. The molecule has 2 N–H and O–H groups in total. The van der Waals surface area contributed by atoms with E-state index < -0.39 is 0 Å². The van der Waals surface area contributed by atoms with Crippen LogP contribution in [0.5, 0.6) is 0 Å². The lowest BCUT2D eigenvalue weighted by atomic mass is 9.81. The highest BCUT2D eigenvalue weighted by Crippen LogP contribution is 2.33. The van der Waals surface area contributed by atoms with Gasteiger partial charge in [-0.15, -0.1) is 0 Å². The van der Waals surface area contributed by atoms with Gasteiger partial charge in [-0.3, -0.25) is 4.79 Å². The van der Waals surface area contributed by atoms with Crippen LogP contribution >= 0.6 is 0 Å². The van der Waals surface area contributed by atoms with Gasteiger partial charge in [0.25, 0.3) is 0 Å². The van der Waals surface area contributed by atoms with E-state index in [1.165, 1.54) is 5.57 Å². The Morgan fingerprint density at radius 1 is 1.12 bits per heavy atom. The molecule has 3 rings (SSSR count). The van der Waals surface area contributed by atoms with Gasteiger partial charge in [0.15, 0.2) is 0 Å². The third kappa shape index (κ3) is 8.19. The summed E-state index contributed by atoms with van der Waals surface area (Å²) in [5.41, 5.74) is 1.44. The predicted octanol–water partition coefficient (Wildman–Crippen LogP) is 4.34. The second-order valence-corrected chi connectivity index (χ2v) is 9.57. The number of nitrogens with one attached hydrogen (secondary N) is 1. The largest absolute Gasteiger partial charge is 0.494 e. The first-order valence-electron chi connectivity index (χ1n) is 13.1. The normalized spacial score (nSPS) is 23.2. The number of piperidine rings is 1. The highest BCUT2D eigenvalue weighted by molar-refractivity contribution is 5.79. The predicted molar refractivity (Wildman–Crippen MR) is 132 cm³/mol. The van der Waals surface area contributed by atoms with Crippen LogP contribution in [0.25, 0.3) is 0 Å². The van der Waals surface area contributed by atoms with Crippen LogP contribution in [0.3, 0.4) is 0 Å². The Kier molecular flexibility index (Phi) is 11.0. The van der Waals surface area contributed by atoms with Crippen molar-refractivity contribution in [3.8, 4) is 0 Å². The quantitative estimate of drug-likeness (QED) is 0.344. The van der Waals surface area contributed by atoms with E-state index in [2.05, 4.69) is 29.6 Å². The zero-order valence-corrected chi connectivity index (χ0v) is 20.7. The molecule has 0 aromatic rings. The number of likely N-dealkylation sites (tertiary alicyclic amines) is 1. The first-order chi connectivity index (χ1) is 16.6. The van der Waals surface area contributed by atoms with Crippen molar-refractivity contribution in [2.45, 2.75) is 64.7 Å². The topological polar surface area (TPSA) is 88.1 Å². The lowest BCUT2D eigenvalue weighted by molar-refractivity contribution is -0.125. The summed E-state index contributed by atoms with van der Waals surface area (Å²) in [5, 5.41) is 11.9. The average molecular weight is 475 g/mol. The van der Waals surface area contributed by atoms with Gasteiger partial charge in [-0.1, -0.05) is 17.7 Å². The zero-order chi connectivity index (χ0) is 24.2. The van der Waals surface area contributed by atoms with E-state index in [4.69, 9.17) is 14.6 Å². The number of rotatable bonds is 11. The number of unbranched alkanes of at least 4 members (excludes halogenated alkanes) is 2. The van der Waals surface area contributed by atoms with Gasteiger partial charge in [0, 0.05) is 38.1 Å². The number of aliphatic hydroxyl groups is 1. The third-order valence-electron chi connectivity index (χ3n) is 7.12. The van der Waals surface area contributed by atoms with Crippen molar-refractivity contribution < 1.29 is 24.2 Å². The maximum absolute atomic E-state index is 12.4. The van der Waals surface area contributed by atoms with Crippen molar-refractivity contribution in [2.24, 2.45) is 17.8 Å². The summed E-state index contributed by atoms with van der Waals surface area (Å²) in [4.78, 5) is 26.0. The van der Waals surface area contributed by atoms with Gasteiger partial charge < -0.3 is 24.8 Å². The number of hydrogen-bond acceptors (Lipinski definition) is 5. The zero-order valence-electron chi connectivity index (χ0n) is 20.7. The van der Waals surface area contributed by atoms with Gasteiger partial charge in [0.1, 0.15) is 5.76 Å². The maximum Gasteiger partial charge on any atom is 0.409 e. The summed E-state index contributed by atoms with van der Waals surface area (Å²) in [5.74, 6) is 2.07. The van der Waals surface area contributed by atoms with Gasteiger partial charge in [-0.05, 0) is 82.8 Å². The summed E-state index contributed by atoms with van der Waals surface area (Å²) in [6.07, 6.45) is 16.8. The van der Waals surface area contributed by atoms with Crippen LogP contribution in [0.15, 0.2) is 35.6 Å². The molecule has 3 aliphatic rings. The number of ether oxygens (including phenoxy) is 2. The lowest BCUT2D eigenvalue weighted by Crippen LogP contribution is -2.39. The number of amides is 2. The molecule has 7 heteroatoms. The van der Waals surface area contributed by atoms with Crippen LogP contribution in [0.4, 0.5) is 4.79 Å². The molecule has 1 saturated heterocycles. The SMILES string of the molecule is CCOC(=O)N1CCC(COC2=CCC(C3=CCC(C(=O)NCCCCCO)CC3)C=C2)CC1. The van der Waals surface area contributed by atoms with Gasteiger partial charge in [-0.2, -0.15) is 0 Å². The van der Waals surface area contributed by atoms with E-state index in [1.807, 2.05) is 6.92 Å². The minimum Gasteiger partial charge on any atom is -0.494 e. The van der Waals surface area contributed by atoms with Gasteiger partial charge in [0.2, 0.25) is 5.91 Å². The first kappa shape index (κ1) is 26.3. The highest BCUT2D eigenvalue weighted by atomic mass is 16.6. The molecule has 1 heterocycles. The van der Waals surface area contributed by atoms with Crippen LogP contribution in [-0.4, -0.2) is 61.5 Å². The van der Waals surface area contributed by atoms with Crippen LogP contribution in [0, 0.1) is 17.8 Å². The fraction of sp³-hybridized carbons (Fsp3) is 0.704. The Balaban J connectivity index is 1.33. The Hall–Kier alpha value is -2.28. The molecule has 0 aromatic carbocycles. The molecule has 34 heavy (non-hydrogen) atoms. The number of nitrogens with zero attached hydrogens (tertiary/aromatic N) is 1. The summed E-state index contributed by atoms with van der Waals surface area (Å²) < 4.78 is 11.1. The summed E-state index contributed by atoms with van der Waals surface area (Å²) in [7, 11) is 0. The molecule has 2 atom stereocenters. The summed E-state index contributed by atoms with van der Waals surface area (Å²) in [6, 6.07) is 0. The van der Waals surface area contributed by atoms with Crippen LogP contribution in [-0.2, 0) is 14.3 Å². The molecule has 7 nitrogen and oxygen atoms in total. The van der Waals surface area contributed by atoms with Gasteiger partial charge >= 0.3 is 6.09 Å². The number of aliphatic hydroxyl groups excluding tert-OH is 1. The Morgan fingerprint density at radius 2 is 1.94 bits per heavy atom. The molecule has 0 bridgehead atoms. The first-order valence-corrected chi connectivity index (χ1v) is 13.1. The molecule has 2 unspecified atom stereocenters. The van der Waals surface area contributed by atoms with Crippen LogP contribution in [0.1, 0.15) is 64.7 Å². The molecule has 190 valence electrons. The minimum atomic E-state index is -0.205. The standard InChI is InChI=1S/C27H42N2O5/c1-2-33-27(32)29-17-14-21(15-18-29)20-34-25-12-10-23(11-13-25)22-6-8-24(9-7-22)26(31)28-16-4-3-5-19-30/h6,10,12-13,21,23-24,30H,2-5,7-9,11,14-20H2,1H3,(H,28,31).